The molecule has 0 saturated carbocycles. The Hall–Kier alpha value is -0.125. The Bertz CT molecular complexity index is 244. The highest BCUT2D eigenvalue weighted by atomic mass is 32.1. The van der Waals surface area contributed by atoms with Crippen molar-refractivity contribution in [2.24, 2.45) is 0 Å². The van der Waals surface area contributed by atoms with Gasteiger partial charge in [-0.3, -0.25) is 0 Å². The largest absolute Gasteiger partial charge is 0.449 e. The van der Waals surface area contributed by atoms with Crippen LogP contribution in [0.4, 0.5) is 0 Å². The molecule has 0 aliphatic carbocycles. The van der Waals surface area contributed by atoms with Crippen molar-refractivity contribution in [2.45, 2.75) is 44.5 Å². The lowest BCUT2D eigenvalue weighted by molar-refractivity contribution is 0.419. The van der Waals surface area contributed by atoms with Crippen molar-refractivity contribution < 1.29 is 5.02 Å². The molecule has 0 aromatic heterocycles. The highest BCUT2D eigenvalue weighted by Gasteiger charge is 2.35. The highest BCUT2D eigenvalue weighted by molar-refractivity contribution is 7.80. The molecule has 2 saturated heterocycles. The molecule has 2 heterocycles. The van der Waals surface area contributed by atoms with Crippen LogP contribution < -0.4 is 5.32 Å². The Kier molecular flexibility index (Phi) is 3.64. The second kappa shape index (κ2) is 4.81. The van der Waals surface area contributed by atoms with Gasteiger partial charge in [0.25, 0.3) is 0 Å². The van der Waals surface area contributed by atoms with Gasteiger partial charge < -0.3 is 15.2 Å². The minimum Gasteiger partial charge on any atom is -0.449 e. The van der Waals surface area contributed by atoms with Gasteiger partial charge in [-0.25, -0.2) is 0 Å². The lowest BCUT2D eigenvalue weighted by Gasteiger charge is -2.30. The summed E-state index contributed by atoms with van der Waals surface area (Å²) in [6.45, 7) is 3.70. The first kappa shape index (κ1) is 11.4. The maximum atomic E-state index is 9.69. The number of hydrogen-bond acceptors (Lipinski definition) is 3. The Balaban J connectivity index is 1.99. The van der Waals surface area contributed by atoms with E-state index in [-0.39, 0.29) is 12.9 Å². The molecule has 2 rings (SSSR count). The first-order valence-electron chi connectivity index (χ1n) is 5.92. The zero-order valence-electron chi connectivity index (χ0n) is 9.28. The van der Waals surface area contributed by atoms with E-state index in [1.54, 1.807) is 0 Å². The highest BCUT2D eigenvalue weighted by Crippen LogP contribution is 2.22. The summed E-state index contributed by atoms with van der Waals surface area (Å²) in [6.07, 6.45) is 4.60. The van der Waals surface area contributed by atoms with Crippen LogP contribution >= 0.6 is 12.2 Å². The maximum absolute atomic E-state index is 9.69. The topological polar surface area (TPSA) is 35.5 Å². The van der Waals surface area contributed by atoms with Gasteiger partial charge in [0.1, 0.15) is 0 Å². The van der Waals surface area contributed by atoms with Crippen LogP contribution in [0.3, 0.4) is 0 Å². The van der Waals surface area contributed by atoms with E-state index in [2.05, 4.69) is 10.2 Å². The second-order valence-corrected chi connectivity index (χ2v) is 5.05. The van der Waals surface area contributed by atoms with Gasteiger partial charge in [-0.2, -0.15) is 0 Å². The van der Waals surface area contributed by atoms with Crippen molar-refractivity contribution in [3.8, 4) is 0 Å². The average molecular weight is 226 g/mol. The average Bonchev–Trinajstić information content (AvgIpc) is 2.88. The van der Waals surface area contributed by atoms with Gasteiger partial charge in [0.05, 0.1) is 11.0 Å². The molecule has 0 radical (unpaired) electrons. The summed E-state index contributed by atoms with van der Waals surface area (Å²) < 4.78 is 0. The van der Waals surface area contributed by atoms with E-state index in [4.69, 9.17) is 12.2 Å². The molecule has 2 N–H and O–H groups in total. The molecular formula is C10H19BN2OS. The van der Waals surface area contributed by atoms with E-state index in [1.165, 1.54) is 6.42 Å². The fourth-order valence-corrected chi connectivity index (χ4v) is 3.09. The lowest BCUT2D eigenvalue weighted by atomic mass is 9.62. The number of thiocarbonyl (C=S) groups is 1. The number of rotatable bonds is 2. The summed E-state index contributed by atoms with van der Waals surface area (Å²) in [5.74, 6) is 0.250. The molecule has 0 spiro atoms. The van der Waals surface area contributed by atoms with Crippen LogP contribution in [0.15, 0.2) is 0 Å². The molecule has 0 unspecified atom stereocenters. The summed E-state index contributed by atoms with van der Waals surface area (Å²) >= 11 is 5.52. The molecule has 2 atom stereocenters. The van der Waals surface area contributed by atoms with Crippen LogP contribution in [-0.4, -0.2) is 46.9 Å². The SMILES string of the molecule is CB(O)[C@@H]1CCCN1C(=S)[C@@H]1CCCN1. The van der Waals surface area contributed by atoms with E-state index in [9.17, 15) is 5.02 Å². The zero-order valence-corrected chi connectivity index (χ0v) is 10.1. The van der Waals surface area contributed by atoms with Crippen molar-refractivity contribution in [3.63, 3.8) is 0 Å². The quantitative estimate of drug-likeness (QED) is 0.536. The molecular weight excluding hydrogens is 207 g/mol. The van der Waals surface area contributed by atoms with Crippen LogP contribution in [0.1, 0.15) is 25.7 Å². The predicted octanol–water partition coefficient (Wildman–Crippen LogP) is 0.683. The standard InChI is InChI=1S/C10H19BN2OS/c1-11(14)9-5-3-7-13(9)10(15)8-4-2-6-12-8/h8-9,12,14H,2-7H2,1H3/t8-,9-/m0/s1. The molecule has 0 amide bonds. The van der Waals surface area contributed by atoms with Crippen molar-refractivity contribution in [2.75, 3.05) is 13.1 Å². The fraction of sp³-hybridized carbons (Fsp3) is 0.900. The fourth-order valence-electron chi connectivity index (χ4n) is 2.66. The van der Waals surface area contributed by atoms with Gasteiger partial charge in [0.2, 0.25) is 0 Å². The van der Waals surface area contributed by atoms with Crippen LogP contribution in [0.2, 0.25) is 6.82 Å². The lowest BCUT2D eigenvalue weighted by Crippen LogP contribution is -2.49. The number of likely N-dealkylation sites (tertiary alicyclic amines) is 1. The Labute approximate surface area is 97.3 Å². The van der Waals surface area contributed by atoms with Crippen LogP contribution in [0.5, 0.6) is 0 Å². The number of hydrogen-bond donors (Lipinski definition) is 2. The molecule has 2 fully saturated rings. The summed E-state index contributed by atoms with van der Waals surface area (Å²) in [6, 6.07) is 0.374. The van der Waals surface area contributed by atoms with Gasteiger partial charge in [-0.1, -0.05) is 19.0 Å². The monoisotopic (exact) mass is 226 g/mol. The molecule has 15 heavy (non-hydrogen) atoms. The van der Waals surface area contributed by atoms with Gasteiger partial charge in [0.15, 0.2) is 0 Å². The first-order chi connectivity index (χ1) is 7.20. The van der Waals surface area contributed by atoms with E-state index in [0.717, 1.165) is 37.3 Å². The van der Waals surface area contributed by atoms with Gasteiger partial charge in [-0.15, -0.1) is 0 Å². The van der Waals surface area contributed by atoms with Crippen molar-refractivity contribution in [1.29, 1.82) is 0 Å². The normalized spacial score (nSPS) is 30.9. The molecule has 0 aromatic carbocycles. The third-order valence-corrected chi connectivity index (χ3v) is 4.02. The predicted molar refractivity (Wildman–Crippen MR) is 67.2 cm³/mol. The summed E-state index contributed by atoms with van der Waals surface area (Å²) in [5, 5.41) is 13.1. The Morgan fingerprint density at radius 1 is 1.47 bits per heavy atom. The summed E-state index contributed by atoms with van der Waals surface area (Å²) in [4.78, 5) is 3.26. The minimum absolute atomic E-state index is 0.250. The van der Waals surface area contributed by atoms with Crippen molar-refractivity contribution in [3.05, 3.63) is 0 Å². The van der Waals surface area contributed by atoms with Crippen molar-refractivity contribution in [1.82, 2.24) is 10.2 Å². The summed E-state index contributed by atoms with van der Waals surface area (Å²) in [7, 11) is 0. The van der Waals surface area contributed by atoms with Crippen LogP contribution in [0.25, 0.3) is 0 Å². The molecule has 3 nitrogen and oxygen atoms in total. The first-order valence-corrected chi connectivity index (χ1v) is 6.33. The van der Waals surface area contributed by atoms with E-state index >= 15 is 0 Å². The summed E-state index contributed by atoms with van der Waals surface area (Å²) in [5.41, 5.74) is 0. The molecule has 0 aromatic rings. The van der Waals surface area contributed by atoms with E-state index in [0.29, 0.717) is 6.04 Å². The number of nitrogens with one attached hydrogen (secondary N) is 1. The molecule has 0 bridgehead atoms. The van der Waals surface area contributed by atoms with Crippen LogP contribution in [0, 0.1) is 0 Å². The van der Waals surface area contributed by atoms with Crippen LogP contribution in [-0.2, 0) is 0 Å². The van der Waals surface area contributed by atoms with Crippen molar-refractivity contribution >= 4 is 24.1 Å². The van der Waals surface area contributed by atoms with Gasteiger partial charge >= 0.3 is 6.92 Å². The van der Waals surface area contributed by atoms with Gasteiger partial charge in [-0.05, 0) is 32.2 Å². The van der Waals surface area contributed by atoms with E-state index in [1.807, 2.05) is 6.82 Å². The second-order valence-electron chi connectivity index (χ2n) is 4.63. The maximum Gasteiger partial charge on any atom is 0.309 e. The molecule has 2 aliphatic rings. The van der Waals surface area contributed by atoms with E-state index < -0.39 is 0 Å². The molecule has 84 valence electrons. The Morgan fingerprint density at radius 2 is 2.27 bits per heavy atom. The molecule has 2 aliphatic heterocycles. The smallest absolute Gasteiger partial charge is 0.309 e. The minimum atomic E-state index is -0.271. The number of nitrogens with zero attached hydrogens (tertiary/aromatic N) is 1. The zero-order chi connectivity index (χ0) is 10.8. The third kappa shape index (κ3) is 2.35. The van der Waals surface area contributed by atoms with Gasteiger partial charge in [0, 0.05) is 12.5 Å². The Morgan fingerprint density at radius 3 is 2.87 bits per heavy atom. The molecule has 5 heteroatoms. The third-order valence-electron chi connectivity index (χ3n) is 3.50.